The molecule has 86 valence electrons. The Morgan fingerprint density at radius 1 is 1.56 bits per heavy atom. The van der Waals surface area contributed by atoms with Crippen LogP contribution in [0, 0.1) is 0 Å². The lowest BCUT2D eigenvalue weighted by atomic mass is 10.0. The van der Waals surface area contributed by atoms with Gasteiger partial charge in [0.15, 0.2) is 0 Å². The number of esters is 1. The lowest BCUT2D eigenvalue weighted by Crippen LogP contribution is -2.45. The second kappa shape index (κ2) is 4.96. The van der Waals surface area contributed by atoms with Crippen molar-refractivity contribution in [1.82, 2.24) is 4.98 Å². The van der Waals surface area contributed by atoms with Gasteiger partial charge in [0.25, 0.3) is 0 Å². The second-order valence-electron chi connectivity index (χ2n) is 3.94. The molecular weight excluding hydrogens is 204 g/mol. The Balaban J connectivity index is 2.20. The zero-order chi connectivity index (χ0) is 11.4. The highest BCUT2D eigenvalue weighted by Crippen LogP contribution is 2.24. The molecule has 1 aliphatic rings. The highest BCUT2D eigenvalue weighted by atomic mass is 16.5. The van der Waals surface area contributed by atoms with Crippen molar-refractivity contribution in [3.05, 3.63) is 24.5 Å². The standard InChI is InChI=1S/C12H16N2O2/c1-16-12(15)11-6-2-3-8-14(11)10-5-4-7-13-9-10/h4-5,7,9,11H,2-3,6,8H2,1H3/t11-/m0/s1. The third-order valence-corrected chi connectivity index (χ3v) is 2.95. The summed E-state index contributed by atoms with van der Waals surface area (Å²) in [7, 11) is 1.44. The zero-order valence-electron chi connectivity index (χ0n) is 9.43. The van der Waals surface area contributed by atoms with Gasteiger partial charge >= 0.3 is 5.97 Å². The Morgan fingerprint density at radius 2 is 2.44 bits per heavy atom. The molecule has 16 heavy (non-hydrogen) atoms. The summed E-state index contributed by atoms with van der Waals surface area (Å²) in [4.78, 5) is 17.8. The van der Waals surface area contributed by atoms with Gasteiger partial charge in [0.1, 0.15) is 6.04 Å². The highest BCUT2D eigenvalue weighted by Gasteiger charge is 2.29. The lowest BCUT2D eigenvalue weighted by Gasteiger charge is -2.35. The summed E-state index contributed by atoms with van der Waals surface area (Å²) in [6, 6.07) is 3.72. The molecule has 0 N–H and O–H groups in total. The van der Waals surface area contributed by atoms with Crippen LogP contribution in [0.5, 0.6) is 0 Å². The SMILES string of the molecule is COC(=O)[C@@H]1CCCCN1c1cccnc1. The minimum Gasteiger partial charge on any atom is -0.467 e. The molecule has 0 unspecified atom stereocenters. The van der Waals surface area contributed by atoms with Gasteiger partial charge in [-0.1, -0.05) is 0 Å². The molecule has 1 aliphatic heterocycles. The Labute approximate surface area is 95.2 Å². The van der Waals surface area contributed by atoms with E-state index in [1.807, 2.05) is 12.1 Å². The molecule has 0 amide bonds. The first-order valence-electron chi connectivity index (χ1n) is 5.57. The molecule has 4 heteroatoms. The van der Waals surface area contributed by atoms with E-state index in [1.54, 1.807) is 12.4 Å². The molecule has 1 aromatic rings. The fourth-order valence-corrected chi connectivity index (χ4v) is 2.15. The Kier molecular flexibility index (Phi) is 3.39. The van der Waals surface area contributed by atoms with Crippen molar-refractivity contribution in [2.45, 2.75) is 25.3 Å². The van der Waals surface area contributed by atoms with Crippen LogP contribution in [0.4, 0.5) is 5.69 Å². The van der Waals surface area contributed by atoms with Gasteiger partial charge in [-0.15, -0.1) is 0 Å². The van der Waals surface area contributed by atoms with E-state index in [0.29, 0.717) is 0 Å². The maximum atomic E-state index is 11.7. The number of hydrogen-bond acceptors (Lipinski definition) is 4. The molecular formula is C12H16N2O2. The summed E-state index contributed by atoms with van der Waals surface area (Å²) in [5.41, 5.74) is 0.998. The molecule has 2 heterocycles. The first-order valence-corrected chi connectivity index (χ1v) is 5.57. The molecule has 1 fully saturated rings. The molecule has 0 aromatic carbocycles. The van der Waals surface area contributed by atoms with Crippen molar-refractivity contribution in [3.63, 3.8) is 0 Å². The van der Waals surface area contributed by atoms with Gasteiger partial charge in [-0.3, -0.25) is 4.98 Å². The van der Waals surface area contributed by atoms with Crippen molar-refractivity contribution in [2.24, 2.45) is 0 Å². The van der Waals surface area contributed by atoms with Gasteiger partial charge < -0.3 is 9.64 Å². The van der Waals surface area contributed by atoms with Crippen LogP contribution in [0.25, 0.3) is 0 Å². The first kappa shape index (κ1) is 10.9. The largest absolute Gasteiger partial charge is 0.467 e. The number of carbonyl (C=O) groups excluding carboxylic acids is 1. The number of carbonyl (C=O) groups is 1. The zero-order valence-corrected chi connectivity index (χ0v) is 9.43. The van der Waals surface area contributed by atoms with E-state index in [0.717, 1.165) is 31.5 Å². The molecule has 0 bridgehead atoms. The maximum Gasteiger partial charge on any atom is 0.328 e. The van der Waals surface area contributed by atoms with E-state index in [4.69, 9.17) is 4.74 Å². The Hall–Kier alpha value is -1.58. The fraction of sp³-hybridized carbons (Fsp3) is 0.500. The highest BCUT2D eigenvalue weighted by molar-refractivity contribution is 5.80. The third-order valence-electron chi connectivity index (χ3n) is 2.95. The lowest BCUT2D eigenvalue weighted by molar-refractivity contribution is -0.142. The number of piperidine rings is 1. The van der Waals surface area contributed by atoms with E-state index >= 15 is 0 Å². The molecule has 0 spiro atoms. The van der Waals surface area contributed by atoms with Gasteiger partial charge in [0.2, 0.25) is 0 Å². The predicted molar refractivity (Wildman–Crippen MR) is 61.2 cm³/mol. The topological polar surface area (TPSA) is 42.4 Å². The Bertz CT molecular complexity index is 353. The van der Waals surface area contributed by atoms with Gasteiger partial charge in [-0.2, -0.15) is 0 Å². The number of aromatic nitrogens is 1. The van der Waals surface area contributed by atoms with Crippen molar-refractivity contribution >= 4 is 11.7 Å². The number of hydrogen-bond donors (Lipinski definition) is 0. The second-order valence-corrected chi connectivity index (χ2v) is 3.94. The van der Waals surface area contributed by atoms with E-state index in [9.17, 15) is 4.79 Å². The first-order chi connectivity index (χ1) is 7.83. The van der Waals surface area contributed by atoms with E-state index in [-0.39, 0.29) is 12.0 Å². The Morgan fingerprint density at radius 3 is 3.12 bits per heavy atom. The number of nitrogens with zero attached hydrogens (tertiary/aromatic N) is 2. The number of rotatable bonds is 2. The third kappa shape index (κ3) is 2.15. The average Bonchev–Trinajstić information content (AvgIpc) is 2.39. The minimum atomic E-state index is -0.150. The summed E-state index contributed by atoms with van der Waals surface area (Å²) in [6.07, 6.45) is 6.59. The van der Waals surface area contributed by atoms with Crippen LogP contribution in [-0.4, -0.2) is 30.6 Å². The van der Waals surface area contributed by atoms with Crippen LogP contribution in [0.1, 0.15) is 19.3 Å². The minimum absolute atomic E-state index is 0.149. The molecule has 1 atom stereocenters. The van der Waals surface area contributed by atoms with Gasteiger partial charge in [-0.05, 0) is 31.4 Å². The molecule has 0 aliphatic carbocycles. The fourth-order valence-electron chi connectivity index (χ4n) is 2.15. The van der Waals surface area contributed by atoms with Crippen molar-refractivity contribution in [3.8, 4) is 0 Å². The molecule has 2 rings (SSSR count). The molecule has 4 nitrogen and oxygen atoms in total. The predicted octanol–water partition coefficient (Wildman–Crippen LogP) is 1.61. The van der Waals surface area contributed by atoms with Crippen LogP contribution < -0.4 is 4.90 Å². The van der Waals surface area contributed by atoms with Crippen LogP contribution in [0.3, 0.4) is 0 Å². The van der Waals surface area contributed by atoms with Crippen molar-refractivity contribution < 1.29 is 9.53 Å². The van der Waals surface area contributed by atoms with E-state index in [1.165, 1.54) is 7.11 Å². The van der Waals surface area contributed by atoms with E-state index < -0.39 is 0 Å². The van der Waals surface area contributed by atoms with E-state index in [2.05, 4.69) is 9.88 Å². The van der Waals surface area contributed by atoms with Crippen LogP contribution >= 0.6 is 0 Å². The summed E-state index contributed by atoms with van der Waals surface area (Å²) >= 11 is 0. The summed E-state index contributed by atoms with van der Waals surface area (Å²) in [5.74, 6) is -0.149. The summed E-state index contributed by atoms with van der Waals surface area (Å²) in [5, 5.41) is 0. The number of anilines is 1. The van der Waals surface area contributed by atoms with Gasteiger partial charge in [-0.25, -0.2) is 4.79 Å². The number of ether oxygens (including phenoxy) is 1. The van der Waals surface area contributed by atoms with Gasteiger partial charge in [0.05, 0.1) is 19.0 Å². The molecule has 0 saturated carbocycles. The summed E-state index contributed by atoms with van der Waals surface area (Å²) in [6.45, 7) is 0.894. The van der Waals surface area contributed by atoms with Crippen LogP contribution in [-0.2, 0) is 9.53 Å². The molecule has 1 saturated heterocycles. The van der Waals surface area contributed by atoms with Crippen molar-refractivity contribution in [1.29, 1.82) is 0 Å². The normalized spacial score (nSPS) is 20.6. The van der Waals surface area contributed by atoms with Crippen LogP contribution in [0.2, 0.25) is 0 Å². The van der Waals surface area contributed by atoms with Gasteiger partial charge in [0, 0.05) is 12.7 Å². The maximum absolute atomic E-state index is 11.7. The number of pyridine rings is 1. The average molecular weight is 220 g/mol. The summed E-state index contributed by atoms with van der Waals surface area (Å²) < 4.78 is 4.84. The number of methoxy groups -OCH3 is 1. The quantitative estimate of drug-likeness (QED) is 0.710. The molecule has 0 radical (unpaired) electrons. The molecule has 1 aromatic heterocycles. The van der Waals surface area contributed by atoms with Crippen LogP contribution in [0.15, 0.2) is 24.5 Å². The van der Waals surface area contributed by atoms with Crippen molar-refractivity contribution in [2.75, 3.05) is 18.6 Å². The smallest absolute Gasteiger partial charge is 0.328 e. The monoisotopic (exact) mass is 220 g/mol.